The molecule has 0 aliphatic carbocycles. The number of rotatable bonds is 6. The fraction of sp³-hybridized carbons (Fsp3) is 0.294. The number of hydrogen-bond acceptors (Lipinski definition) is 2. The molecule has 3 heteroatoms. The van der Waals surface area contributed by atoms with Crippen LogP contribution in [0.15, 0.2) is 53.0 Å². The Hall–Kier alpha value is -1.48. The summed E-state index contributed by atoms with van der Waals surface area (Å²) in [6, 6.07) is 16.9. The van der Waals surface area contributed by atoms with Crippen molar-refractivity contribution in [1.82, 2.24) is 0 Å². The molecule has 2 aromatic carbocycles. The minimum atomic E-state index is 0.306. The molecule has 0 heterocycles. The zero-order chi connectivity index (χ0) is 14.4. The molecule has 2 rings (SSSR count). The molecule has 0 bridgehead atoms. The maximum atomic E-state index is 5.54. The van der Waals surface area contributed by atoms with Crippen LogP contribution in [0.4, 0.5) is 5.69 Å². The smallest absolute Gasteiger partial charge is 0.121 e. The van der Waals surface area contributed by atoms with Crippen LogP contribution < -0.4 is 10.1 Å². The molecule has 1 unspecified atom stereocenters. The Morgan fingerprint density at radius 3 is 2.50 bits per heavy atom. The molecule has 0 saturated heterocycles. The van der Waals surface area contributed by atoms with Crippen molar-refractivity contribution in [2.24, 2.45) is 0 Å². The van der Waals surface area contributed by atoms with E-state index in [-0.39, 0.29) is 0 Å². The van der Waals surface area contributed by atoms with E-state index in [4.69, 9.17) is 4.74 Å². The Morgan fingerprint density at radius 2 is 1.85 bits per heavy atom. The first kappa shape index (κ1) is 14.9. The minimum Gasteiger partial charge on any atom is -0.494 e. The molecule has 0 radical (unpaired) electrons. The van der Waals surface area contributed by atoms with Gasteiger partial charge in [-0.1, -0.05) is 41.1 Å². The lowest BCUT2D eigenvalue weighted by Crippen LogP contribution is -2.09. The average molecular weight is 334 g/mol. The van der Waals surface area contributed by atoms with Crippen molar-refractivity contribution < 1.29 is 4.74 Å². The monoisotopic (exact) mass is 333 g/mol. The largest absolute Gasteiger partial charge is 0.494 e. The van der Waals surface area contributed by atoms with Crippen LogP contribution in [0.1, 0.15) is 31.9 Å². The van der Waals surface area contributed by atoms with Gasteiger partial charge in [-0.05, 0) is 43.2 Å². The van der Waals surface area contributed by atoms with Gasteiger partial charge in [-0.15, -0.1) is 0 Å². The highest BCUT2D eigenvalue weighted by atomic mass is 79.9. The molecule has 0 amide bonds. The summed E-state index contributed by atoms with van der Waals surface area (Å²) in [4.78, 5) is 0. The lowest BCUT2D eigenvalue weighted by Gasteiger charge is -2.19. The van der Waals surface area contributed by atoms with Gasteiger partial charge in [-0.25, -0.2) is 0 Å². The second kappa shape index (κ2) is 7.34. The van der Waals surface area contributed by atoms with E-state index in [9.17, 15) is 0 Å². The van der Waals surface area contributed by atoms with Gasteiger partial charge in [0.15, 0.2) is 0 Å². The molecule has 0 spiro atoms. The third-order valence-electron chi connectivity index (χ3n) is 3.17. The number of benzene rings is 2. The molecular weight excluding hydrogens is 314 g/mol. The molecule has 2 aromatic rings. The molecule has 20 heavy (non-hydrogen) atoms. The van der Waals surface area contributed by atoms with E-state index >= 15 is 0 Å². The number of anilines is 1. The van der Waals surface area contributed by atoms with E-state index in [0.717, 1.165) is 22.3 Å². The second-order valence-corrected chi connectivity index (χ2v) is 5.53. The summed E-state index contributed by atoms with van der Waals surface area (Å²) in [6.45, 7) is 4.87. The highest BCUT2D eigenvalue weighted by molar-refractivity contribution is 9.10. The zero-order valence-corrected chi connectivity index (χ0v) is 13.5. The summed E-state index contributed by atoms with van der Waals surface area (Å²) in [5, 5.41) is 3.57. The van der Waals surface area contributed by atoms with Gasteiger partial charge in [-0.2, -0.15) is 0 Å². The van der Waals surface area contributed by atoms with Gasteiger partial charge in [0, 0.05) is 16.2 Å². The summed E-state index contributed by atoms with van der Waals surface area (Å²) in [7, 11) is 0. The van der Waals surface area contributed by atoms with Gasteiger partial charge < -0.3 is 10.1 Å². The standard InChI is InChI=1S/C17H20BrNO/c1-3-17(13-8-10-14(18)11-9-13)19-15-6-5-7-16(12-15)20-4-2/h5-12,17,19H,3-4H2,1-2H3. The molecule has 0 aliphatic heterocycles. The van der Waals surface area contributed by atoms with Gasteiger partial charge in [0.2, 0.25) is 0 Å². The van der Waals surface area contributed by atoms with Gasteiger partial charge in [0.05, 0.1) is 12.6 Å². The Kier molecular flexibility index (Phi) is 5.48. The first-order valence-electron chi connectivity index (χ1n) is 6.97. The fourth-order valence-corrected chi connectivity index (χ4v) is 2.42. The summed E-state index contributed by atoms with van der Waals surface area (Å²) in [5.41, 5.74) is 2.38. The Bertz CT molecular complexity index is 539. The van der Waals surface area contributed by atoms with E-state index < -0.39 is 0 Å². The summed E-state index contributed by atoms with van der Waals surface area (Å²) >= 11 is 3.47. The van der Waals surface area contributed by atoms with E-state index in [1.807, 2.05) is 25.1 Å². The molecule has 1 N–H and O–H groups in total. The maximum absolute atomic E-state index is 5.54. The van der Waals surface area contributed by atoms with Crippen molar-refractivity contribution in [2.75, 3.05) is 11.9 Å². The highest BCUT2D eigenvalue weighted by Crippen LogP contribution is 2.26. The molecule has 0 aromatic heterocycles. The SMILES string of the molecule is CCOc1cccc(NC(CC)c2ccc(Br)cc2)c1. The number of hydrogen-bond donors (Lipinski definition) is 1. The van der Waals surface area contributed by atoms with Crippen molar-refractivity contribution in [3.05, 3.63) is 58.6 Å². The van der Waals surface area contributed by atoms with Gasteiger partial charge >= 0.3 is 0 Å². The van der Waals surface area contributed by atoms with Crippen molar-refractivity contribution in [3.63, 3.8) is 0 Å². The second-order valence-electron chi connectivity index (χ2n) is 4.62. The van der Waals surface area contributed by atoms with Crippen molar-refractivity contribution in [3.8, 4) is 5.75 Å². The molecule has 106 valence electrons. The predicted molar refractivity (Wildman–Crippen MR) is 88.4 cm³/mol. The van der Waals surface area contributed by atoms with Crippen LogP contribution in [0.3, 0.4) is 0 Å². The third kappa shape index (κ3) is 4.01. The van der Waals surface area contributed by atoms with Crippen LogP contribution in [-0.4, -0.2) is 6.61 Å². The summed E-state index contributed by atoms with van der Waals surface area (Å²) < 4.78 is 6.64. The Balaban J connectivity index is 2.13. The molecule has 2 nitrogen and oxygen atoms in total. The Labute approximate surface area is 129 Å². The predicted octanol–water partition coefficient (Wildman–Crippen LogP) is 5.41. The summed E-state index contributed by atoms with van der Waals surface area (Å²) in [6.07, 6.45) is 1.03. The lowest BCUT2D eigenvalue weighted by molar-refractivity contribution is 0.340. The van der Waals surface area contributed by atoms with Crippen molar-refractivity contribution in [1.29, 1.82) is 0 Å². The van der Waals surface area contributed by atoms with Crippen LogP contribution >= 0.6 is 15.9 Å². The quantitative estimate of drug-likeness (QED) is 0.762. The lowest BCUT2D eigenvalue weighted by atomic mass is 10.0. The zero-order valence-electron chi connectivity index (χ0n) is 11.9. The topological polar surface area (TPSA) is 21.3 Å². The van der Waals surface area contributed by atoms with Crippen molar-refractivity contribution in [2.45, 2.75) is 26.3 Å². The van der Waals surface area contributed by atoms with E-state index in [1.54, 1.807) is 0 Å². The molecule has 0 saturated carbocycles. The van der Waals surface area contributed by atoms with Gasteiger partial charge in [0.1, 0.15) is 5.75 Å². The van der Waals surface area contributed by atoms with E-state index in [0.29, 0.717) is 12.6 Å². The first-order chi connectivity index (χ1) is 9.72. The third-order valence-corrected chi connectivity index (χ3v) is 3.70. The van der Waals surface area contributed by atoms with Gasteiger partial charge in [0.25, 0.3) is 0 Å². The fourth-order valence-electron chi connectivity index (χ4n) is 2.16. The van der Waals surface area contributed by atoms with Crippen LogP contribution in [0.5, 0.6) is 5.75 Å². The van der Waals surface area contributed by atoms with Crippen LogP contribution in [-0.2, 0) is 0 Å². The maximum Gasteiger partial charge on any atom is 0.121 e. The van der Waals surface area contributed by atoms with Crippen LogP contribution in [0, 0.1) is 0 Å². The normalized spacial score (nSPS) is 11.9. The minimum absolute atomic E-state index is 0.306. The number of nitrogens with one attached hydrogen (secondary N) is 1. The summed E-state index contributed by atoms with van der Waals surface area (Å²) in [5.74, 6) is 0.906. The van der Waals surface area contributed by atoms with Crippen LogP contribution in [0.2, 0.25) is 0 Å². The van der Waals surface area contributed by atoms with E-state index in [2.05, 4.69) is 58.5 Å². The van der Waals surface area contributed by atoms with Crippen molar-refractivity contribution >= 4 is 21.6 Å². The van der Waals surface area contributed by atoms with Gasteiger partial charge in [-0.3, -0.25) is 0 Å². The van der Waals surface area contributed by atoms with Crippen LogP contribution in [0.25, 0.3) is 0 Å². The van der Waals surface area contributed by atoms with E-state index in [1.165, 1.54) is 5.56 Å². The first-order valence-corrected chi connectivity index (χ1v) is 7.77. The molecule has 1 atom stereocenters. The molecule has 0 aliphatic rings. The average Bonchev–Trinajstić information content (AvgIpc) is 2.47. The molecule has 0 fully saturated rings. The number of halogens is 1. The molecular formula is C17H20BrNO. The number of ether oxygens (including phenoxy) is 1. The Morgan fingerprint density at radius 1 is 1.10 bits per heavy atom. The highest BCUT2D eigenvalue weighted by Gasteiger charge is 2.09.